The van der Waals surface area contributed by atoms with Crippen LogP contribution in [0.4, 0.5) is 4.39 Å². The van der Waals surface area contributed by atoms with E-state index in [0.717, 1.165) is 36.7 Å². The average Bonchev–Trinajstić information content (AvgIpc) is 2.55. The fraction of sp³-hybridized carbons (Fsp3) is 0.294. The summed E-state index contributed by atoms with van der Waals surface area (Å²) in [6.45, 7) is 4.09. The van der Waals surface area contributed by atoms with Crippen LogP contribution < -0.4 is 10.6 Å². The molecule has 0 saturated carbocycles. The number of aromatic nitrogens is 1. The molecule has 1 aromatic heterocycles. The molecule has 0 atom stereocenters. The van der Waals surface area contributed by atoms with Crippen molar-refractivity contribution < 1.29 is 4.39 Å². The van der Waals surface area contributed by atoms with Gasteiger partial charge in [0.25, 0.3) is 0 Å². The molecule has 0 bridgehead atoms. The summed E-state index contributed by atoms with van der Waals surface area (Å²) in [5, 5.41) is 6.47. The van der Waals surface area contributed by atoms with E-state index >= 15 is 0 Å². The zero-order chi connectivity index (χ0) is 15.6. The van der Waals surface area contributed by atoms with Gasteiger partial charge in [-0.2, -0.15) is 0 Å². The van der Waals surface area contributed by atoms with Crippen LogP contribution >= 0.6 is 24.0 Å². The van der Waals surface area contributed by atoms with Gasteiger partial charge in [-0.1, -0.05) is 18.2 Å². The molecule has 124 valence electrons. The van der Waals surface area contributed by atoms with E-state index in [1.807, 2.05) is 25.1 Å². The summed E-state index contributed by atoms with van der Waals surface area (Å²) < 4.78 is 12.8. The lowest BCUT2D eigenvalue weighted by atomic mass is 10.1. The van der Waals surface area contributed by atoms with E-state index in [1.54, 1.807) is 18.3 Å². The number of pyridine rings is 1. The number of nitrogens with one attached hydrogen (secondary N) is 2. The first-order valence-corrected chi connectivity index (χ1v) is 7.44. The zero-order valence-electron chi connectivity index (χ0n) is 13.1. The molecule has 0 radical (unpaired) electrons. The third-order valence-electron chi connectivity index (χ3n) is 3.09. The van der Waals surface area contributed by atoms with Crippen molar-refractivity contribution in [2.45, 2.75) is 19.9 Å². The van der Waals surface area contributed by atoms with Crippen molar-refractivity contribution in [1.82, 2.24) is 15.6 Å². The van der Waals surface area contributed by atoms with Crippen molar-refractivity contribution in [3.05, 3.63) is 65.7 Å². The van der Waals surface area contributed by atoms with Gasteiger partial charge >= 0.3 is 0 Å². The summed E-state index contributed by atoms with van der Waals surface area (Å²) in [4.78, 5) is 8.75. The fourth-order valence-corrected chi connectivity index (χ4v) is 1.97. The number of rotatable bonds is 6. The van der Waals surface area contributed by atoms with Gasteiger partial charge in [0.1, 0.15) is 5.82 Å². The van der Waals surface area contributed by atoms with Gasteiger partial charge in [0.15, 0.2) is 5.96 Å². The van der Waals surface area contributed by atoms with Crippen LogP contribution in [-0.4, -0.2) is 24.0 Å². The van der Waals surface area contributed by atoms with Crippen molar-refractivity contribution in [2.75, 3.05) is 13.1 Å². The summed E-state index contributed by atoms with van der Waals surface area (Å²) >= 11 is 0. The predicted octanol–water partition coefficient (Wildman–Crippen LogP) is 3.14. The van der Waals surface area contributed by atoms with Crippen LogP contribution in [0, 0.1) is 5.82 Å². The number of hydrogen-bond donors (Lipinski definition) is 2. The topological polar surface area (TPSA) is 49.3 Å². The standard InChI is InChI=1S/C17H21FN4.HI/c1-2-19-17(22-13-16-5-3-4-11-20-16)21-12-10-14-6-8-15(18)9-7-14;/h3-9,11H,2,10,12-13H2,1H3,(H2,19,21,22);1H. The van der Waals surface area contributed by atoms with Gasteiger partial charge in [-0.15, -0.1) is 24.0 Å². The molecule has 1 aromatic carbocycles. The van der Waals surface area contributed by atoms with E-state index in [4.69, 9.17) is 0 Å². The van der Waals surface area contributed by atoms with Crippen LogP contribution in [-0.2, 0) is 13.0 Å². The Balaban J connectivity index is 0.00000264. The highest BCUT2D eigenvalue weighted by atomic mass is 127. The van der Waals surface area contributed by atoms with E-state index in [2.05, 4.69) is 20.6 Å². The average molecular weight is 428 g/mol. The Bertz CT molecular complexity index is 587. The SMILES string of the molecule is CCNC(=NCc1ccccn1)NCCc1ccc(F)cc1.I. The smallest absolute Gasteiger partial charge is 0.191 e. The third kappa shape index (κ3) is 7.40. The lowest BCUT2D eigenvalue weighted by Gasteiger charge is -2.11. The maximum atomic E-state index is 12.8. The first-order chi connectivity index (χ1) is 10.8. The van der Waals surface area contributed by atoms with E-state index in [0.29, 0.717) is 6.54 Å². The van der Waals surface area contributed by atoms with Gasteiger partial charge in [-0.3, -0.25) is 4.98 Å². The van der Waals surface area contributed by atoms with Crippen molar-refractivity contribution in [1.29, 1.82) is 0 Å². The van der Waals surface area contributed by atoms with Crippen molar-refractivity contribution in [2.24, 2.45) is 4.99 Å². The normalized spacial score (nSPS) is 10.8. The van der Waals surface area contributed by atoms with E-state index in [1.165, 1.54) is 12.1 Å². The van der Waals surface area contributed by atoms with Gasteiger partial charge in [0, 0.05) is 19.3 Å². The number of halogens is 2. The van der Waals surface area contributed by atoms with E-state index in [9.17, 15) is 4.39 Å². The van der Waals surface area contributed by atoms with Crippen LogP contribution in [0.2, 0.25) is 0 Å². The van der Waals surface area contributed by atoms with Crippen molar-refractivity contribution >= 4 is 29.9 Å². The summed E-state index contributed by atoms with van der Waals surface area (Å²) in [6.07, 6.45) is 2.58. The third-order valence-corrected chi connectivity index (χ3v) is 3.09. The Morgan fingerprint density at radius 3 is 2.57 bits per heavy atom. The molecule has 2 aromatic rings. The second kappa shape index (κ2) is 10.9. The summed E-state index contributed by atoms with van der Waals surface area (Å²) in [5.41, 5.74) is 2.02. The van der Waals surface area contributed by atoms with Gasteiger partial charge < -0.3 is 10.6 Å². The zero-order valence-corrected chi connectivity index (χ0v) is 15.5. The van der Waals surface area contributed by atoms with Crippen LogP contribution in [0.15, 0.2) is 53.7 Å². The maximum Gasteiger partial charge on any atom is 0.191 e. The second-order valence-electron chi connectivity index (χ2n) is 4.82. The molecule has 0 spiro atoms. The quantitative estimate of drug-likeness (QED) is 0.423. The summed E-state index contributed by atoms with van der Waals surface area (Å²) in [7, 11) is 0. The molecule has 0 fully saturated rings. The Hall–Kier alpha value is -1.70. The summed E-state index contributed by atoms with van der Waals surface area (Å²) in [6, 6.07) is 12.4. The van der Waals surface area contributed by atoms with Crippen LogP contribution in [0.1, 0.15) is 18.2 Å². The molecule has 4 nitrogen and oxygen atoms in total. The molecule has 0 amide bonds. The molecule has 2 rings (SSSR count). The fourth-order valence-electron chi connectivity index (χ4n) is 1.97. The second-order valence-corrected chi connectivity index (χ2v) is 4.82. The molecular weight excluding hydrogens is 406 g/mol. The first-order valence-electron chi connectivity index (χ1n) is 7.44. The monoisotopic (exact) mass is 428 g/mol. The Kier molecular flexibility index (Phi) is 9.20. The van der Waals surface area contributed by atoms with Gasteiger partial charge in [-0.05, 0) is 43.2 Å². The largest absolute Gasteiger partial charge is 0.357 e. The predicted molar refractivity (Wildman–Crippen MR) is 103 cm³/mol. The van der Waals surface area contributed by atoms with Crippen LogP contribution in [0.5, 0.6) is 0 Å². The van der Waals surface area contributed by atoms with E-state index in [-0.39, 0.29) is 29.8 Å². The highest BCUT2D eigenvalue weighted by Crippen LogP contribution is 2.02. The molecule has 0 aliphatic heterocycles. The highest BCUT2D eigenvalue weighted by Gasteiger charge is 1.99. The summed E-state index contributed by atoms with van der Waals surface area (Å²) in [5.74, 6) is 0.553. The molecule has 2 N–H and O–H groups in total. The van der Waals surface area contributed by atoms with Crippen LogP contribution in [0.3, 0.4) is 0 Å². The Labute approximate surface area is 153 Å². The van der Waals surface area contributed by atoms with Crippen LogP contribution in [0.25, 0.3) is 0 Å². The number of hydrogen-bond acceptors (Lipinski definition) is 2. The lowest BCUT2D eigenvalue weighted by molar-refractivity contribution is 0.626. The molecule has 0 aliphatic carbocycles. The molecular formula is C17H22FIN4. The molecule has 0 unspecified atom stereocenters. The minimum absolute atomic E-state index is 0. The molecule has 1 heterocycles. The van der Waals surface area contributed by atoms with E-state index < -0.39 is 0 Å². The minimum atomic E-state index is -0.207. The molecule has 23 heavy (non-hydrogen) atoms. The van der Waals surface area contributed by atoms with Crippen molar-refractivity contribution in [3.8, 4) is 0 Å². The molecule has 6 heteroatoms. The number of benzene rings is 1. The van der Waals surface area contributed by atoms with Crippen molar-refractivity contribution in [3.63, 3.8) is 0 Å². The number of nitrogens with zero attached hydrogens (tertiary/aromatic N) is 2. The lowest BCUT2D eigenvalue weighted by Crippen LogP contribution is -2.38. The Morgan fingerprint density at radius 1 is 1.13 bits per heavy atom. The maximum absolute atomic E-state index is 12.8. The Morgan fingerprint density at radius 2 is 1.91 bits per heavy atom. The van der Waals surface area contributed by atoms with Gasteiger partial charge in [0.05, 0.1) is 12.2 Å². The highest BCUT2D eigenvalue weighted by molar-refractivity contribution is 14.0. The minimum Gasteiger partial charge on any atom is -0.357 e. The van der Waals surface area contributed by atoms with Gasteiger partial charge in [-0.25, -0.2) is 9.38 Å². The first kappa shape index (κ1) is 19.3. The molecule has 0 aliphatic rings. The van der Waals surface area contributed by atoms with Gasteiger partial charge in [0.2, 0.25) is 0 Å². The number of guanidine groups is 1. The molecule has 0 saturated heterocycles. The number of aliphatic imine (C=N–C) groups is 1.